The zero-order valence-corrected chi connectivity index (χ0v) is 11.0. The molecule has 0 amide bonds. The zero-order valence-electron chi connectivity index (χ0n) is 11.0. The molecule has 1 aliphatic rings. The van der Waals surface area contributed by atoms with E-state index in [-0.39, 0.29) is 6.42 Å². The van der Waals surface area contributed by atoms with Gasteiger partial charge in [0.2, 0.25) is 0 Å². The van der Waals surface area contributed by atoms with Crippen molar-refractivity contribution >= 4 is 11.8 Å². The minimum atomic E-state index is -0.721. The number of aromatic nitrogens is 2. The molecule has 2 heterocycles. The van der Waals surface area contributed by atoms with E-state index < -0.39 is 5.97 Å². The van der Waals surface area contributed by atoms with Gasteiger partial charge < -0.3 is 10.0 Å². The number of carboxylic acid groups (broad SMARTS) is 1. The molecule has 1 aliphatic heterocycles. The van der Waals surface area contributed by atoms with Crippen molar-refractivity contribution in [3.8, 4) is 6.07 Å². The number of anilines is 1. The average molecular weight is 262 g/mol. The second kappa shape index (κ2) is 5.74. The van der Waals surface area contributed by atoms with Gasteiger partial charge in [0.25, 0.3) is 0 Å². The maximum absolute atomic E-state index is 10.6. The lowest BCUT2D eigenvalue weighted by molar-refractivity contribution is -0.137. The Morgan fingerprint density at radius 2 is 2.26 bits per heavy atom. The summed E-state index contributed by atoms with van der Waals surface area (Å²) in [7, 11) is 1.84. The number of hydrogen-bond donors (Lipinski definition) is 1. The van der Waals surface area contributed by atoms with Gasteiger partial charge in [0, 0.05) is 26.6 Å². The number of aliphatic carboxylic acids is 1. The van der Waals surface area contributed by atoms with Crippen molar-refractivity contribution in [2.24, 2.45) is 13.0 Å². The van der Waals surface area contributed by atoms with Crippen LogP contribution in [0.15, 0.2) is 6.20 Å². The maximum Gasteiger partial charge on any atom is 0.303 e. The van der Waals surface area contributed by atoms with E-state index in [4.69, 9.17) is 10.4 Å². The van der Waals surface area contributed by atoms with E-state index in [9.17, 15) is 4.79 Å². The lowest BCUT2D eigenvalue weighted by atomic mass is 9.92. The summed E-state index contributed by atoms with van der Waals surface area (Å²) >= 11 is 0. The highest BCUT2D eigenvalue weighted by Crippen LogP contribution is 2.27. The zero-order chi connectivity index (χ0) is 13.8. The van der Waals surface area contributed by atoms with Gasteiger partial charge in [-0.05, 0) is 25.2 Å². The Hall–Kier alpha value is -2.03. The Kier molecular flexibility index (Phi) is 4.05. The molecular weight excluding hydrogens is 244 g/mol. The van der Waals surface area contributed by atoms with E-state index in [1.165, 1.54) is 0 Å². The molecule has 2 rings (SSSR count). The molecule has 19 heavy (non-hydrogen) atoms. The number of nitriles is 1. The molecule has 0 aliphatic carbocycles. The molecule has 1 aromatic rings. The molecule has 0 unspecified atom stereocenters. The first kappa shape index (κ1) is 13.4. The smallest absolute Gasteiger partial charge is 0.303 e. The van der Waals surface area contributed by atoms with Crippen LogP contribution in [-0.4, -0.2) is 33.9 Å². The van der Waals surface area contributed by atoms with Crippen LogP contribution in [0, 0.1) is 17.2 Å². The van der Waals surface area contributed by atoms with Crippen LogP contribution in [0.25, 0.3) is 0 Å². The van der Waals surface area contributed by atoms with E-state index in [0.717, 1.165) is 38.2 Å². The SMILES string of the molecule is Cn1ncc(C#N)c1N1CCC(CCC(=O)O)CC1. The molecule has 102 valence electrons. The van der Waals surface area contributed by atoms with Crippen LogP contribution in [0.1, 0.15) is 31.2 Å². The van der Waals surface area contributed by atoms with Gasteiger partial charge in [0.1, 0.15) is 17.5 Å². The number of nitrogens with zero attached hydrogens (tertiary/aromatic N) is 4. The van der Waals surface area contributed by atoms with Gasteiger partial charge in [-0.2, -0.15) is 10.4 Å². The van der Waals surface area contributed by atoms with Gasteiger partial charge in [0.15, 0.2) is 0 Å². The summed E-state index contributed by atoms with van der Waals surface area (Å²) in [4.78, 5) is 12.7. The van der Waals surface area contributed by atoms with Crippen molar-refractivity contribution in [2.75, 3.05) is 18.0 Å². The average Bonchev–Trinajstić information content (AvgIpc) is 2.78. The van der Waals surface area contributed by atoms with E-state index in [2.05, 4.69) is 16.1 Å². The minimum Gasteiger partial charge on any atom is -0.481 e. The lowest BCUT2D eigenvalue weighted by Crippen LogP contribution is -2.35. The first-order chi connectivity index (χ1) is 9.11. The van der Waals surface area contributed by atoms with Crippen LogP contribution >= 0.6 is 0 Å². The van der Waals surface area contributed by atoms with Crippen molar-refractivity contribution in [3.05, 3.63) is 11.8 Å². The van der Waals surface area contributed by atoms with Gasteiger partial charge in [-0.25, -0.2) is 0 Å². The number of carbonyl (C=O) groups is 1. The lowest BCUT2D eigenvalue weighted by Gasteiger charge is -2.33. The van der Waals surface area contributed by atoms with Crippen molar-refractivity contribution < 1.29 is 9.90 Å². The summed E-state index contributed by atoms with van der Waals surface area (Å²) in [5.41, 5.74) is 0.603. The second-order valence-electron chi connectivity index (χ2n) is 4.98. The summed E-state index contributed by atoms with van der Waals surface area (Å²) in [5, 5.41) is 21.9. The van der Waals surface area contributed by atoms with E-state index in [0.29, 0.717) is 11.5 Å². The van der Waals surface area contributed by atoms with Gasteiger partial charge >= 0.3 is 5.97 Å². The Morgan fingerprint density at radius 3 is 2.84 bits per heavy atom. The van der Waals surface area contributed by atoms with Gasteiger partial charge in [-0.15, -0.1) is 0 Å². The molecule has 0 aromatic carbocycles. The molecule has 0 radical (unpaired) electrons. The standard InChI is InChI=1S/C13H18N4O2/c1-16-13(11(8-14)9-15-16)17-6-4-10(5-7-17)2-3-12(18)19/h9-10H,2-7H2,1H3,(H,18,19). The molecule has 1 N–H and O–H groups in total. The normalized spacial score (nSPS) is 16.3. The largest absolute Gasteiger partial charge is 0.481 e. The van der Waals surface area contributed by atoms with Crippen molar-refractivity contribution in [1.29, 1.82) is 5.26 Å². The Labute approximate surface area is 112 Å². The predicted molar refractivity (Wildman–Crippen MR) is 69.7 cm³/mol. The van der Waals surface area contributed by atoms with E-state index in [1.54, 1.807) is 10.9 Å². The van der Waals surface area contributed by atoms with Gasteiger partial charge in [0.05, 0.1) is 6.20 Å². The molecule has 0 atom stereocenters. The highest BCUT2D eigenvalue weighted by atomic mass is 16.4. The highest BCUT2D eigenvalue weighted by molar-refractivity contribution is 5.66. The molecule has 6 nitrogen and oxygen atoms in total. The third-order valence-electron chi connectivity index (χ3n) is 3.71. The maximum atomic E-state index is 10.6. The molecule has 1 saturated heterocycles. The third kappa shape index (κ3) is 3.05. The third-order valence-corrected chi connectivity index (χ3v) is 3.71. The number of carboxylic acids is 1. The fourth-order valence-electron chi connectivity index (χ4n) is 2.65. The molecular formula is C13H18N4O2. The monoisotopic (exact) mass is 262 g/mol. The summed E-state index contributed by atoms with van der Waals surface area (Å²) < 4.78 is 1.73. The van der Waals surface area contributed by atoms with Crippen LogP contribution in [0.5, 0.6) is 0 Å². The number of aryl methyl sites for hydroxylation is 1. The summed E-state index contributed by atoms with van der Waals surface area (Å²) in [5.74, 6) is 0.631. The van der Waals surface area contributed by atoms with Gasteiger partial charge in [-0.3, -0.25) is 9.48 Å². The van der Waals surface area contributed by atoms with E-state index >= 15 is 0 Å². The van der Waals surface area contributed by atoms with Crippen LogP contribution in [0.3, 0.4) is 0 Å². The summed E-state index contributed by atoms with van der Waals surface area (Å²) in [6.45, 7) is 1.72. The fraction of sp³-hybridized carbons (Fsp3) is 0.615. The Bertz CT molecular complexity index is 495. The number of rotatable bonds is 4. The van der Waals surface area contributed by atoms with Crippen molar-refractivity contribution in [2.45, 2.75) is 25.7 Å². The second-order valence-corrected chi connectivity index (χ2v) is 4.98. The molecule has 6 heteroatoms. The molecule has 0 bridgehead atoms. The van der Waals surface area contributed by atoms with Crippen molar-refractivity contribution in [1.82, 2.24) is 9.78 Å². The fourth-order valence-corrected chi connectivity index (χ4v) is 2.65. The van der Waals surface area contributed by atoms with E-state index in [1.807, 2.05) is 7.05 Å². The quantitative estimate of drug-likeness (QED) is 0.886. The van der Waals surface area contributed by atoms with Gasteiger partial charge in [-0.1, -0.05) is 0 Å². The van der Waals surface area contributed by atoms with Crippen LogP contribution in [0.2, 0.25) is 0 Å². The highest BCUT2D eigenvalue weighted by Gasteiger charge is 2.23. The Balaban J connectivity index is 1.95. The summed E-state index contributed by atoms with van der Waals surface area (Å²) in [6.07, 6.45) is 4.54. The number of piperidine rings is 1. The van der Waals surface area contributed by atoms with Crippen LogP contribution in [0.4, 0.5) is 5.82 Å². The molecule has 1 aromatic heterocycles. The molecule has 0 spiro atoms. The van der Waals surface area contributed by atoms with Crippen LogP contribution in [-0.2, 0) is 11.8 Å². The summed E-state index contributed by atoms with van der Waals surface area (Å²) in [6, 6.07) is 2.16. The van der Waals surface area contributed by atoms with Crippen LogP contribution < -0.4 is 4.90 Å². The first-order valence-corrected chi connectivity index (χ1v) is 6.50. The van der Waals surface area contributed by atoms with Crippen molar-refractivity contribution in [3.63, 3.8) is 0 Å². The molecule has 1 fully saturated rings. The number of hydrogen-bond acceptors (Lipinski definition) is 4. The topological polar surface area (TPSA) is 82.2 Å². The predicted octanol–water partition coefficient (Wildman–Crippen LogP) is 1.37. The first-order valence-electron chi connectivity index (χ1n) is 6.50. The molecule has 0 saturated carbocycles. The Morgan fingerprint density at radius 1 is 1.58 bits per heavy atom. The minimum absolute atomic E-state index is 0.250.